The standard InChI is InChI=1S/C24H35N3O4/c1-2-31-23(29)17-26-24(30)27-13-11-20(12-14-27)15-19-5-3-18(4-6-19)9-10-22(28)25-16-21-7-8-21/h3-6,20-21H,2,7-17H2,1H3,(H,25,28)(H,26,30). The maximum atomic E-state index is 12.2. The molecular weight excluding hydrogens is 394 g/mol. The summed E-state index contributed by atoms with van der Waals surface area (Å²) in [7, 11) is 0. The monoisotopic (exact) mass is 429 g/mol. The number of piperidine rings is 1. The van der Waals surface area contributed by atoms with Gasteiger partial charge in [0.15, 0.2) is 0 Å². The Kier molecular flexibility index (Phi) is 8.74. The molecular formula is C24H35N3O4. The molecule has 0 spiro atoms. The minimum atomic E-state index is -0.409. The van der Waals surface area contributed by atoms with Crippen LogP contribution in [0, 0.1) is 11.8 Å². The van der Waals surface area contributed by atoms with E-state index in [9.17, 15) is 14.4 Å². The van der Waals surface area contributed by atoms with Gasteiger partial charge in [-0.3, -0.25) is 9.59 Å². The van der Waals surface area contributed by atoms with Gasteiger partial charge in [-0.25, -0.2) is 4.79 Å². The lowest BCUT2D eigenvalue weighted by molar-refractivity contribution is -0.141. The number of aryl methyl sites for hydroxylation is 1. The van der Waals surface area contributed by atoms with Gasteiger partial charge in [0.05, 0.1) is 6.61 Å². The number of esters is 1. The summed E-state index contributed by atoms with van der Waals surface area (Å²) >= 11 is 0. The molecule has 2 N–H and O–H groups in total. The molecule has 7 nitrogen and oxygen atoms in total. The molecule has 3 rings (SSSR count). The van der Waals surface area contributed by atoms with E-state index in [1.807, 2.05) is 0 Å². The summed E-state index contributed by atoms with van der Waals surface area (Å²) in [6.07, 6.45) is 6.73. The molecule has 2 fully saturated rings. The summed E-state index contributed by atoms with van der Waals surface area (Å²) in [6, 6.07) is 8.38. The molecule has 1 aromatic rings. The van der Waals surface area contributed by atoms with Crippen LogP contribution in [0.1, 0.15) is 50.2 Å². The summed E-state index contributed by atoms with van der Waals surface area (Å²) in [5, 5.41) is 5.64. The fraction of sp³-hybridized carbons (Fsp3) is 0.625. The average Bonchev–Trinajstić information content (AvgIpc) is 3.61. The number of hydrogen-bond acceptors (Lipinski definition) is 4. The fourth-order valence-electron chi connectivity index (χ4n) is 3.91. The van der Waals surface area contributed by atoms with E-state index in [0.29, 0.717) is 38.0 Å². The number of benzene rings is 1. The molecule has 1 aliphatic carbocycles. The van der Waals surface area contributed by atoms with E-state index in [1.165, 1.54) is 24.0 Å². The normalized spacial score (nSPS) is 16.6. The van der Waals surface area contributed by atoms with Crippen molar-refractivity contribution in [1.29, 1.82) is 0 Å². The lowest BCUT2D eigenvalue weighted by atomic mass is 9.90. The molecule has 170 valence electrons. The van der Waals surface area contributed by atoms with Gasteiger partial charge in [-0.2, -0.15) is 0 Å². The van der Waals surface area contributed by atoms with Crippen molar-refractivity contribution in [2.45, 2.75) is 51.9 Å². The number of hydrogen-bond donors (Lipinski definition) is 2. The van der Waals surface area contributed by atoms with Crippen molar-refractivity contribution in [3.8, 4) is 0 Å². The van der Waals surface area contributed by atoms with Crippen molar-refractivity contribution in [3.05, 3.63) is 35.4 Å². The number of carbonyl (C=O) groups excluding carboxylic acids is 3. The number of urea groups is 1. The lowest BCUT2D eigenvalue weighted by Gasteiger charge is -2.32. The Hall–Kier alpha value is -2.57. The zero-order valence-electron chi connectivity index (χ0n) is 18.5. The van der Waals surface area contributed by atoms with E-state index < -0.39 is 5.97 Å². The van der Waals surface area contributed by atoms with E-state index >= 15 is 0 Å². The quantitative estimate of drug-likeness (QED) is 0.560. The van der Waals surface area contributed by atoms with Gasteiger partial charge in [-0.15, -0.1) is 0 Å². The second kappa shape index (κ2) is 11.7. The number of carbonyl (C=O) groups is 3. The first kappa shape index (κ1) is 23.1. The average molecular weight is 430 g/mol. The Morgan fingerprint density at radius 3 is 2.29 bits per heavy atom. The summed E-state index contributed by atoms with van der Waals surface area (Å²) in [5.74, 6) is 1.00. The third kappa shape index (κ3) is 8.23. The molecule has 1 heterocycles. The van der Waals surface area contributed by atoms with Crippen LogP contribution in [0.2, 0.25) is 0 Å². The van der Waals surface area contributed by atoms with Crippen molar-refractivity contribution in [2.75, 3.05) is 32.8 Å². The summed E-state index contributed by atoms with van der Waals surface area (Å²) in [5.41, 5.74) is 2.49. The van der Waals surface area contributed by atoms with E-state index in [1.54, 1.807) is 11.8 Å². The lowest BCUT2D eigenvalue weighted by Crippen LogP contribution is -2.46. The molecule has 1 saturated heterocycles. The van der Waals surface area contributed by atoms with Crippen LogP contribution in [0.5, 0.6) is 0 Å². The second-order valence-corrected chi connectivity index (χ2v) is 8.66. The summed E-state index contributed by atoms with van der Waals surface area (Å²) < 4.78 is 4.83. The van der Waals surface area contributed by atoms with Gasteiger partial charge in [-0.1, -0.05) is 24.3 Å². The molecule has 2 aliphatic rings. The zero-order chi connectivity index (χ0) is 22.1. The second-order valence-electron chi connectivity index (χ2n) is 8.66. The van der Waals surface area contributed by atoms with Crippen LogP contribution in [0.3, 0.4) is 0 Å². The molecule has 1 aliphatic heterocycles. The maximum absolute atomic E-state index is 12.2. The molecule has 0 atom stereocenters. The first-order valence-corrected chi connectivity index (χ1v) is 11.6. The highest BCUT2D eigenvalue weighted by Gasteiger charge is 2.23. The zero-order valence-corrected chi connectivity index (χ0v) is 18.5. The molecule has 1 aromatic carbocycles. The van der Waals surface area contributed by atoms with E-state index in [0.717, 1.165) is 32.2 Å². The largest absolute Gasteiger partial charge is 0.465 e. The molecule has 0 radical (unpaired) electrons. The number of nitrogens with zero attached hydrogens (tertiary/aromatic N) is 1. The van der Waals surface area contributed by atoms with Crippen LogP contribution in [0.15, 0.2) is 24.3 Å². The van der Waals surface area contributed by atoms with Crippen LogP contribution in [0.4, 0.5) is 4.79 Å². The van der Waals surface area contributed by atoms with Crippen LogP contribution < -0.4 is 10.6 Å². The first-order valence-electron chi connectivity index (χ1n) is 11.6. The van der Waals surface area contributed by atoms with Gasteiger partial charge in [0, 0.05) is 26.1 Å². The smallest absolute Gasteiger partial charge is 0.325 e. The molecule has 0 bridgehead atoms. The molecule has 0 unspecified atom stereocenters. The number of likely N-dealkylation sites (tertiary alicyclic amines) is 1. The van der Waals surface area contributed by atoms with Crippen LogP contribution in [-0.2, 0) is 27.2 Å². The van der Waals surface area contributed by atoms with Crippen molar-refractivity contribution >= 4 is 17.9 Å². The third-order valence-electron chi connectivity index (χ3n) is 6.06. The molecule has 31 heavy (non-hydrogen) atoms. The van der Waals surface area contributed by atoms with E-state index in [4.69, 9.17) is 4.74 Å². The molecule has 1 saturated carbocycles. The van der Waals surface area contributed by atoms with E-state index in [2.05, 4.69) is 34.9 Å². The fourth-order valence-corrected chi connectivity index (χ4v) is 3.91. The minimum Gasteiger partial charge on any atom is -0.465 e. The topological polar surface area (TPSA) is 87.7 Å². The number of amides is 3. The highest BCUT2D eigenvalue weighted by molar-refractivity contribution is 5.80. The minimum absolute atomic E-state index is 0.0822. The predicted octanol–water partition coefficient (Wildman–Crippen LogP) is 2.67. The van der Waals surface area contributed by atoms with Gasteiger partial charge >= 0.3 is 12.0 Å². The van der Waals surface area contributed by atoms with Crippen molar-refractivity contribution in [1.82, 2.24) is 15.5 Å². The Morgan fingerprint density at radius 2 is 1.65 bits per heavy atom. The molecule has 3 amide bonds. The highest BCUT2D eigenvalue weighted by atomic mass is 16.5. The van der Waals surface area contributed by atoms with Crippen molar-refractivity contribution in [2.24, 2.45) is 11.8 Å². The Bertz CT molecular complexity index is 738. The SMILES string of the molecule is CCOC(=O)CNC(=O)N1CCC(Cc2ccc(CCC(=O)NCC3CC3)cc2)CC1. The Balaban J connectivity index is 1.33. The summed E-state index contributed by atoms with van der Waals surface area (Å²) in [6.45, 7) is 4.22. The Morgan fingerprint density at radius 1 is 0.968 bits per heavy atom. The third-order valence-corrected chi connectivity index (χ3v) is 6.06. The number of ether oxygens (including phenoxy) is 1. The summed E-state index contributed by atoms with van der Waals surface area (Å²) in [4.78, 5) is 37.2. The van der Waals surface area contributed by atoms with Gasteiger partial charge < -0.3 is 20.3 Å². The van der Waals surface area contributed by atoms with Crippen LogP contribution >= 0.6 is 0 Å². The van der Waals surface area contributed by atoms with Gasteiger partial charge in [0.2, 0.25) is 5.91 Å². The van der Waals surface area contributed by atoms with Crippen LogP contribution in [0.25, 0.3) is 0 Å². The highest BCUT2D eigenvalue weighted by Crippen LogP contribution is 2.27. The Labute approximate surface area is 184 Å². The predicted molar refractivity (Wildman–Crippen MR) is 119 cm³/mol. The molecule has 7 heteroatoms. The van der Waals surface area contributed by atoms with Crippen molar-refractivity contribution in [3.63, 3.8) is 0 Å². The first-order chi connectivity index (χ1) is 15.0. The van der Waals surface area contributed by atoms with Gasteiger partial charge in [0.1, 0.15) is 6.54 Å². The maximum Gasteiger partial charge on any atom is 0.325 e. The van der Waals surface area contributed by atoms with Crippen molar-refractivity contribution < 1.29 is 19.1 Å². The number of rotatable bonds is 10. The van der Waals surface area contributed by atoms with Crippen LogP contribution in [-0.4, -0.2) is 55.6 Å². The van der Waals surface area contributed by atoms with E-state index in [-0.39, 0.29) is 18.5 Å². The van der Waals surface area contributed by atoms with Gasteiger partial charge in [0.25, 0.3) is 0 Å². The number of nitrogens with one attached hydrogen (secondary N) is 2. The van der Waals surface area contributed by atoms with Gasteiger partial charge in [-0.05, 0) is 68.4 Å². The molecule has 0 aromatic heterocycles.